The van der Waals surface area contributed by atoms with E-state index in [1.54, 1.807) is 0 Å². The van der Waals surface area contributed by atoms with Crippen LogP contribution in [-0.2, 0) is 0 Å². The van der Waals surface area contributed by atoms with Crippen LogP contribution in [0.4, 0.5) is 0 Å². The summed E-state index contributed by atoms with van der Waals surface area (Å²) in [4.78, 5) is 8.68. The van der Waals surface area contributed by atoms with Gasteiger partial charge >= 0.3 is 0 Å². The molecule has 0 saturated carbocycles. The monoisotopic (exact) mass is 299 g/mol. The van der Waals surface area contributed by atoms with Crippen molar-refractivity contribution in [3.8, 4) is 0 Å². The number of fused-ring (bicyclic) bond motifs is 3. The van der Waals surface area contributed by atoms with Crippen LogP contribution < -0.4 is 0 Å². The lowest BCUT2D eigenvalue weighted by Crippen LogP contribution is -2.00. The maximum absolute atomic E-state index is 4.47. The standard InChI is InChI=1S/C13H13N3.C4H10.C2H6/c1-9(2)16-12-8-14-7-5-10(12)11-4-3-6-15-13(11)16;1-4(2)3;1-2/h3-9H,1-2H3;4H,1-3H3;1-2H3. The molecule has 3 aromatic rings. The van der Waals surface area contributed by atoms with Crippen LogP contribution in [0.2, 0.25) is 0 Å². The Morgan fingerprint density at radius 1 is 0.909 bits per heavy atom. The Labute approximate surface area is 134 Å². The van der Waals surface area contributed by atoms with Gasteiger partial charge in [-0.15, -0.1) is 0 Å². The van der Waals surface area contributed by atoms with Gasteiger partial charge in [0, 0.05) is 29.2 Å². The molecular formula is C19H29N3. The third-order valence-corrected chi connectivity index (χ3v) is 2.88. The minimum Gasteiger partial charge on any atom is -0.321 e. The van der Waals surface area contributed by atoms with Crippen LogP contribution in [0.3, 0.4) is 0 Å². The van der Waals surface area contributed by atoms with E-state index in [0.717, 1.165) is 17.1 Å². The lowest BCUT2D eigenvalue weighted by molar-refractivity contribution is 0.636. The van der Waals surface area contributed by atoms with Gasteiger partial charge in [-0.2, -0.15) is 0 Å². The molecule has 0 unspecified atom stereocenters. The second-order valence-corrected chi connectivity index (χ2v) is 5.96. The fourth-order valence-electron chi connectivity index (χ4n) is 2.24. The van der Waals surface area contributed by atoms with Crippen LogP contribution in [0, 0.1) is 5.92 Å². The van der Waals surface area contributed by atoms with E-state index in [0.29, 0.717) is 6.04 Å². The normalized spacial score (nSPS) is 10.4. The van der Waals surface area contributed by atoms with Crippen molar-refractivity contribution in [1.29, 1.82) is 0 Å². The van der Waals surface area contributed by atoms with Crippen molar-refractivity contribution in [2.45, 2.75) is 54.5 Å². The molecule has 3 heterocycles. The highest BCUT2D eigenvalue weighted by molar-refractivity contribution is 6.06. The van der Waals surface area contributed by atoms with Crippen LogP contribution in [0.15, 0.2) is 36.8 Å². The molecule has 0 aromatic carbocycles. The summed E-state index contributed by atoms with van der Waals surface area (Å²) in [6.07, 6.45) is 5.59. The number of nitrogens with zero attached hydrogens (tertiary/aromatic N) is 3. The Kier molecular flexibility index (Phi) is 7.03. The van der Waals surface area contributed by atoms with Gasteiger partial charge in [-0.3, -0.25) is 4.98 Å². The Morgan fingerprint density at radius 3 is 2.14 bits per heavy atom. The van der Waals surface area contributed by atoms with E-state index in [9.17, 15) is 0 Å². The molecule has 3 heteroatoms. The molecule has 0 N–H and O–H groups in total. The molecular weight excluding hydrogens is 270 g/mol. The molecule has 0 bridgehead atoms. The SMILES string of the molecule is CC.CC(C)C.CC(C)n1c2cnccc2c2cccnc21. The van der Waals surface area contributed by atoms with Gasteiger partial charge in [-0.1, -0.05) is 34.6 Å². The molecule has 0 amide bonds. The molecule has 0 fully saturated rings. The zero-order chi connectivity index (χ0) is 16.7. The van der Waals surface area contributed by atoms with E-state index in [1.165, 1.54) is 10.8 Å². The van der Waals surface area contributed by atoms with Crippen molar-refractivity contribution in [1.82, 2.24) is 14.5 Å². The minimum absolute atomic E-state index is 0.388. The second-order valence-electron chi connectivity index (χ2n) is 5.96. The molecule has 120 valence electrons. The quantitative estimate of drug-likeness (QED) is 0.564. The van der Waals surface area contributed by atoms with Gasteiger partial charge in [0.25, 0.3) is 0 Å². The summed E-state index contributed by atoms with van der Waals surface area (Å²) in [5.74, 6) is 0.833. The summed E-state index contributed by atoms with van der Waals surface area (Å²) in [5, 5.41) is 2.43. The first-order chi connectivity index (χ1) is 10.5. The highest BCUT2D eigenvalue weighted by Crippen LogP contribution is 2.29. The van der Waals surface area contributed by atoms with Crippen LogP contribution in [0.25, 0.3) is 21.9 Å². The number of pyridine rings is 2. The van der Waals surface area contributed by atoms with Crippen molar-refractivity contribution >= 4 is 21.9 Å². The molecule has 3 aromatic heterocycles. The highest BCUT2D eigenvalue weighted by atomic mass is 15.1. The summed E-state index contributed by atoms with van der Waals surface area (Å²) >= 11 is 0. The maximum atomic E-state index is 4.47. The summed E-state index contributed by atoms with van der Waals surface area (Å²) in [7, 11) is 0. The molecule has 0 atom stereocenters. The predicted molar refractivity (Wildman–Crippen MR) is 97.3 cm³/mol. The van der Waals surface area contributed by atoms with Crippen molar-refractivity contribution in [2.75, 3.05) is 0 Å². The topological polar surface area (TPSA) is 30.7 Å². The Hall–Kier alpha value is -1.90. The van der Waals surface area contributed by atoms with Crippen LogP contribution in [-0.4, -0.2) is 14.5 Å². The third kappa shape index (κ3) is 4.06. The first-order valence-corrected chi connectivity index (χ1v) is 8.21. The maximum Gasteiger partial charge on any atom is 0.141 e. The average molecular weight is 299 g/mol. The van der Waals surface area contributed by atoms with E-state index in [4.69, 9.17) is 0 Å². The molecule has 0 radical (unpaired) electrons. The first-order valence-electron chi connectivity index (χ1n) is 8.21. The molecule has 0 saturated heterocycles. The zero-order valence-electron chi connectivity index (χ0n) is 15.0. The van der Waals surface area contributed by atoms with Crippen LogP contribution in [0.5, 0.6) is 0 Å². The van der Waals surface area contributed by atoms with E-state index in [-0.39, 0.29) is 0 Å². The summed E-state index contributed by atoms with van der Waals surface area (Å²) < 4.78 is 2.23. The second kappa shape index (κ2) is 8.52. The van der Waals surface area contributed by atoms with Gasteiger partial charge in [-0.05, 0) is 38.0 Å². The lowest BCUT2D eigenvalue weighted by Gasteiger charge is -2.09. The van der Waals surface area contributed by atoms with Gasteiger partial charge in [0.2, 0.25) is 0 Å². The van der Waals surface area contributed by atoms with Gasteiger partial charge < -0.3 is 4.57 Å². The Bertz CT molecular complexity index is 640. The summed E-state index contributed by atoms with van der Waals surface area (Å²) in [6, 6.07) is 6.54. The molecule has 0 aliphatic heterocycles. The third-order valence-electron chi connectivity index (χ3n) is 2.88. The highest BCUT2D eigenvalue weighted by Gasteiger charge is 2.12. The first kappa shape index (κ1) is 18.1. The number of rotatable bonds is 1. The van der Waals surface area contributed by atoms with E-state index < -0.39 is 0 Å². The Morgan fingerprint density at radius 2 is 1.55 bits per heavy atom. The van der Waals surface area contributed by atoms with Gasteiger partial charge in [0.05, 0.1) is 11.7 Å². The summed E-state index contributed by atoms with van der Waals surface area (Å²) in [6.45, 7) is 14.8. The average Bonchev–Trinajstić information content (AvgIpc) is 2.83. The van der Waals surface area contributed by atoms with Gasteiger partial charge in [0.1, 0.15) is 5.65 Å². The van der Waals surface area contributed by atoms with Crippen molar-refractivity contribution in [3.63, 3.8) is 0 Å². The molecule has 0 aliphatic carbocycles. The number of hydrogen-bond donors (Lipinski definition) is 0. The molecule has 22 heavy (non-hydrogen) atoms. The zero-order valence-corrected chi connectivity index (χ0v) is 15.0. The minimum atomic E-state index is 0.388. The Balaban J connectivity index is 0.000000354. The largest absolute Gasteiger partial charge is 0.321 e. The smallest absolute Gasteiger partial charge is 0.141 e. The fraction of sp³-hybridized carbons (Fsp3) is 0.474. The van der Waals surface area contributed by atoms with Crippen molar-refractivity contribution < 1.29 is 0 Å². The lowest BCUT2D eigenvalue weighted by atomic mass is 10.2. The fourth-order valence-corrected chi connectivity index (χ4v) is 2.24. The van der Waals surface area contributed by atoms with Crippen LogP contribution in [0.1, 0.15) is 54.5 Å². The van der Waals surface area contributed by atoms with Crippen LogP contribution >= 0.6 is 0 Å². The molecule has 0 spiro atoms. The van der Waals surface area contributed by atoms with Crippen molar-refractivity contribution in [2.24, 2.45) is 5.92 Å². The van der Waals surface area contributed by atoms with E-state index in [2.05, 4.69) is 61.3 Å². The molecule has 3 nitrogen and oxygen atoms in total. The number of hydrogen-bond acceptors (Lipinski definition) is 2. The van der Waals surface area contributed by atoms with Crippen molar-refractivity contribution in [3.05, 3.63) is 36.8 Å². The van der Waals surface area contributed by atoms with Gasteiger partial charge in [-0.25, -0.2) is 4.98 Å². The molecule has 0 aliphatic rings. The predicted octanol–water partition coefficient (Wildman–Crippen LogP) is 5.85. The molecule has 3 rings (SSSR count). The van der Waals surface area contributed by atoms with Gasteiger partial charge in [0.15, 0.2) is 0 Å². The number of aromatic nitrogens is 3. The van der Waals surface area contributed by atoms with E-state index in [1.807, 2.05) is 38.5 Å². The summed E-state index contributed by atoms with van der Waals surface area (Å²) in [5.41, 5.74) is 2.20. The van der Waals surface area contributed by atoms with E-state index >= 15 is 0 Å².